The van der Waals surface area contributed by atoms with Gasteiger partial charge in [0.25, 0.3) is 0 Å². The Morgan fingerprint density at radius 3 is 2.43 bits per heavy atom. The first-order chi connectivity index (χ1) is 13.7. The van der Waals surface area contributed by atoms with Crippen molar-refractivity contribution in [3.05, 3.63) is 92.8 Å². The Balaban J connectivity index is 1.62. The Hall–Kier alpha value is -2.30. The van der Waals surface area contributed by atoms with Crippen LogP contribution < -0.4 is 9.47 Å². The molecule has 0 fully saturated rings. The van der Waals surface area contributed by atoms with Crippen LogP contribution in [0, 0.1) is 6.92 Å². The van der Waals surface area contributed by atoms with Gasteiger partial charge in [-0.3, -0.25) is 0 Å². The van der Waals surface area contributed by atoms with E-state index in [0.717, 1.165) is 33.5 Å². The second-order valence-electron chi connectivity index (χ2n) is 6.71. The van der Waals surface area contributed by atoms with Gasteiger partial charge in [-0.25, -0.2) is 0 Å². The Kier molecular flexibility index (Phi) is 5.69. The summed E-state index contributed by atoms with van der Waals surface area (Å²) in [6.07, 6.45) is 0.874. The molecule has 2 nitrogen and oxygen atoms in total. The lowest BCUT2D eigenvalue weighted by Crippen LogP contribution is -2.02. The number of methoxy groups -OCH3 is 1. The second kappa shape index (κ2) is 8.38. The van der Waals surface area contributed by atoms with Gasteiger partial charge in [-0.2, -0.15) is 0 Å². The molecule has 0 radical (unpaired) electrons. The Bertz CT molecular complexity index is 1070. The van der Waals surface area contributed by atoms with Crippen LogP contribution in [0.3, 0.4) is 0 Å². The second-order valence-corrected chi connectivity index (χ2v) is 8.73. The predicted molar refractivity (Wildman–Crippen MR) is 121 cm³/mol. The minimum Gasteiger partial charge on any atom is -0.493 e. The monoisotopic (exact) mass is 452 g/mol. The Morgan fingerprint density at radius 2 is 1.68 bits per heavy atom. The minimum absolute atomic E-state index is 0.505. The highest BCUT2D eigenvalue weighted by Gasteiger charge is 2.17. The van der Waals surface area contributed by atoms with Gasteiger partial charge < -0.3 is 9.47 Å². The summed E-state index contributed by atoms with van der Waals surface area (Å²) in [5.41, 5.74) is 3.48. The van der Waals surface area contributed by atoms with E-state index >= 15 is 0 Å². The average molecular weight is 453 g/mol. The first-order valence-electron chi connectivity index (χ1n) is 9.16. The van der Waals surface area contributed by atoms with E-state index in [4.69, 9.17) is 9.47 Å². The topological polar surface area (TPSA) is 18.5 Å². The lowest BCUT2D eigenvalue weighted by atomic mass is 10.0. The summed E-state index contributed by atoms with van der Waals surface area (Å²) in [7, 11) is 1.70. The summed E-state index contributed by atoms with van der Waals surface area (Å²) in [6.45, 7) is 2.61. The molecule has 0 unspecified atom stereocenters. The third-order valence-electron chi connectivity index (χ3n) is 4.82. The maximum atomic E-state index is 6.11. The smallest absolute Gasteiger partial charge is 0.176 e. The molecule has 0 bridgehead atoms. The molecule has 0 N–H and O–H groups in total. The molecule has 0 aliphatic rings. The van der Waals surface area contributed by atoms with Crippen LogP contribution in [0.25, 0.3) is 10.1 Å². The summed E-state index contributed by atoms with van der Waals surface area (Å²) in [5, 5.41) is 1.30. The van der Waals surface area contributed by atoms with Gasteiger partial charge in [0.1, 0.15) is 6.61 Å². The fourth-order valence-electron chi connectivity index (χ4n) is 3.36. The highest BCUT2D eigenvalue weighted by Crippen LogP contribution is 2.41. The maximum Gasteiger partial charge on any atom is 0.176 e. The molecule has 0 aliphatic heterocycles. The van der Waals surface area contributed by atoms with Crippen LogP contribution in [0.2, 0.25) is 0 Å². The minimum atomic E-state index is 0.505. The van der Waals surface area contributed by atoms with E-state index in [1.54, 1.807) is 7.11 Å². The van der Waals surface area contributed by atoms with Crippen LogP contribution in [-0.2, 0) is 13.0 Å². The van der Waals surface area contributed by atoms with Crippen LogP contribution in [0.4, 0.5) is 0 Å². The van der Waals surface area contributed by atoms with Crippen LogP contribution in [-0.4, -0.2) is 7.11 Å². The number of fused-ring (bicyclic) bond motifs is 1. The van der Waals surface area contributed by atoms with Gasteiger partial charge in [0.15, 0.2) is 11.5 Å². The van der Waals surface area contributed by atoms with E-state index in [1.807, 2.05) is 29.5 Å². The number of rotatable bonds is 6. The van der Waals surface area contributed by atoms with Crippen LogP contribution >= 0.6 is 27.3 Å². The van der Waals surface area contributed by atoms with Gasteiger partial charge in [-0.05, 0) is 63.1 Å². The molecule has 0 atom stereocenters. The third kappa shape index (κ3) is 3.94. The van der Waals surface area contributed by atoms with Crippen molar-refractivity contribution >= 4 is 37.4 Å². The number of ether oxygens (including phenoxy) is 2. The van der Waals surface area contributed by atoms with Crippen molar-refractivity contribution in [2.75, 3.05) is 7.11 Å². The lowest BCUT2D eigenvalue weighted by Gasteiger charge is -2.17. The van der Waals surface area contributed by atoms with Gasteiger partial charge in [-0.15, -0.1) is 11.3 Å². The van der Waals surface area contributed by atoms with Crippen molar-refractivity contribution in [2.24, 2.45) is 0 Å². The van der Waals surface area contributed by atoms with Crippen molar-refractivity contribution in [3.8, 4) is 11.5 Å². The number of hydrogen-bond acceptors (Lipinski definition) is 3. The maximum absolute atomic E-state index is 6.11. The Morgan fingerprint density at radius 1 is 0.929 bits per heavy atom. The summed E-state index contributed by atoms with van der Waals surface area (Å²) in [5.74, 6) is 1.55. The first kappa shape index (κ1) is 19.0. The predicted octanol–water partition coefficient (Wildman–Crippen LogP) is 7.15. The largest absolute Gasteiger partial charge is 0.493 e. The van der Waals surface area contributed by atoms with Crippen molar-refractivity contribution in [1.29, 1.82) is 0 Å². The standard InChI is InChI=1S/C24H21BrO2S/c1-16-19(13-20-12-18-10-6-7-11-22(18)28-20)14-21(25)24(23(16)26-2)27-15-17-8-4-3-5-9-17/h3-12,14H,13,15H2,1-2H3. The van der Waals surface area contributed by atoms with E-state index in [9.17, 15) is 0 Å². The Labute approximate surface area is 177 Å². The molecule has 0 saturated heterocycles. The van der Waals surface area contributed by atoms with Crippen LogP contribution in [0.1, 0.15) is 21.6 Å². The zero-order valence-corrected chi connectivity index (χ0v) is 18.3. The number of thiophene rings is 1. The summed E-state index contributed by atoms with van der Waals surface area (Å²) < 4.78 is 14.1. The SMILES string of the molecule is COc1c(C)c(Cc2cc3ccccc3s2)cc(Br)c1OCc1ccccc1. The van der Waals surface area contributed by atoms with E-state index < -0.39 is 0 Å². The molecule has 0 amide bonds. The van der Waals surface area contributed by atoms with E-state index in [0.29, 0.717) is 6.61 Å². The molecule has 3 aromatic carbocycles. The molecule has 1 heterocycles. The summed E-state index contributed by atoms with van der Waals surface area (Å²) in [6, 6.07) is 23.1. The molecular weight excluding hydrogens is 432 g/mol. The molecule has 0 aliphatic carbocycles. The zero-order valence-electron chi connectivity index (χ0n) is 15.9. The van der Waals surface area contributed by atoms with Gasteiger partial charge in [0.05, 0.1) is 11.6 Å². The lowest BCUT2D eigenvalue weighted by molar-refractivity contribution is 0.281. The highest BCUT2D eigenvalue weighted by atomic mass is 79.9. The summed E-state index contributed by atoms with van der Waals surface area (Å²) in [4.78, 5) is 1.34. The van der Waals surface area contributed by atoms with Crippen molar-refractivity contribution < 1.29 is 9.47 Å². The van der Waals surface area contributed by atoms with E-state index in [-0.39, 0.29) is 0 Å². The van der Waals surface area contributed by atoms with E-state index in [1.165, 1.54) is 20.5 Å². The van der Waals surface area contributed by atoms with Gasteiger partial charge in [0, 0.05) is 16.0 Å². The van der Waals surface area contributed by atoms with Gasteiger partial charge in [-0.1, -0.05) is 48.5 Å². The van der Waals surface area contributed by atoms with Crippen molar-refractivity contribution in [3.63, 3.8) is 0 Å². The van der Waals surface area contributed by atoms with E-state index in [2.05, 4.69) is 71.4 Å². The van der Waals surface area contributed by atoms with Crippen molar-refractivity contribution in [1.82, 2.24) is 0 Å². The molecule has 4 heteroatoms. The highest BCUT2D eigenvalue weighted by molar-refractivity contribution is 9.10. The van der Waals surface area contributed by atoms with Gasteiger partial charge >= 0.3 is 0 Å². The number of benzene rings is 3. The molecule has 0 spiro atoms. The summed E-state index contributed by atoms with van der Waals surface area (Å²) >= 11 is 5.54. The van der Waals surface area contributed by atoms with Crippen molar-refractivity contribution in [2.45, 2.75) is 20.0 Å². The number of hydrogen-bond donors (Lipinski definition) is 0. The molecule has 1 aromatic heterocycles. The molecule has 142 valence electrons. The first-order valence-corrected chi connectivity index (χ1v) is 10.8. The molecule has 4 aromatic rings. The fraction of sp³-hybridized carbons (Fsp3) is 0.167. The normalized spacial score (nSPS) is 11.0. The number of halogens is 1. The zero-order chi connectivity index (χ0) is 19.5. The molecule has 4 rings (SSSR count). The molecule has 0 saturated carbocycles. The third-order valence-corrected chi connectivity index (χ3v) is 6.52. The molecule has 28 heavy (non-hydrogen) atoms. The van der Waals surface area contributed by atoms with Crippen LogP contribution in [0.5, 0.6) is 11.5 Å². The van der Waals surface area contributed by atoms with Gasteiger partial charge in [0.2, 0.25) is 0 Å². The molecular formula is C24H21BrO2S. The fourth-order valence-corrected chi connectivity index (χ4v) is 5.01. The average Bonchev–Trinajstić information content (AvgIpc) is 3.12. The quantitative estimate of drug-likeness (QED) is 0.309. The van der Waals surface area contributed by atoms with Crippen LogP contribution in [0.15, 0.2) is 71.2 Å².